The Bertz CT molecular complexity index is 549. The lowest BCUT2D eigenvalue weighted by molar-refractivity contribution is -0.384. The van der Waals surface area contributed by atoms with E-state index >= 15 is 0 Å². The van der Waals surface area contributed by atoms with Crippen molar-refractivity contribution in [3.8, 4) is 0 Å². The first-order valence-electron chi connectivity index (χ1n) is 6.69. The van der Waals surface area contributed by atoms with Gasteiger partial charge in [-0.1, -0.05) is 31.7 Å². The van der Waals surface area contributed by atoms with Crippen molar-refractivity contribution < 1.29 is 4.92 Å². The Labute approximate surface area is 135 Å². The average molecular weight is 330 g/mol. The number of nitro groups is 1. The van der Waals surface area contributed by atoms with Crippen LogP contribution in [0.3, 0.4) is 0 Å². The van der Waals surface area contributed by atoms with Crippen LogP contribution in [0, 0.1) is 23.0 Å². The summed E-state index contributed by atoms with van der Waals surface area (Å²) in [6, 6.07) is 4.82. The average Bonchev–Trinajstić information content (AvgIpc) is 2.78. The van der Waals surface area contributed by atoms with E-state index in [1.54, 1.807) is 23.9 Å². The number of non-ortho nitro benzene ring substituents is 1. The molecular formula is C14H20ClN3O2S. The Kier molecular flexibility index (Phi) is 6.48. The molecule has 1 aromatic carbocycles. The zero-order valence-electron chi connectivity index (χ0n) is 12.4. The molecule has 5 nitrogen and oxygen atoms in total. The highest BCUT2D eigenvalue weighted by Crippen LogP contribution is 2.28. The lowest BCUT2D eigenvalue weighted by atomic mass is 10.2. The number of nitrogens with zero attached hydrogens (tertiary/aromatic N) is 3. The van der Waals surface area contributed by atoms with E-state index in [0.29, 0.717) is 11.6 Å². The fourth-order valence-electron chi connectivity index (χ4n) is 2.08. The largest absolute Gasteiger partial charge is 0.350 e. The quantitative estimate of drug-likeness (QED) is 0.618. The molecular weight excluding hydrogens is 310 g/mol. The highest BCUT2D eigenvalue weighted by Gasteiger charge is 2.20. The van der Waals surface area contributed by atoms with Crippen molar-refractivity contribution in [2.24, 2.45) is 10.9 Å². The predicted molar refractivity (Wildman–Crippen MR) is 91.0 cm³/mol. The Hall–Kier alpha value is -1.27. The minimum Gasteiger partial charge on any atom is -0.350 e. The van der Waals surface area contributed by atoms with Gasteiger partial charge in [0.15, 0.2) is 5.17 Å². The molecule has 0 aliphatic carbocycles. The van der Waals surface area contributed by atoms with Gasteiger partial charge in [0.2, 0.25) is 0 Å². The van der Waals surface area contributed by atoms with E-state index in [1.165, 1.54) is 6.07 Å². The van der Waals surface area contributed by atoms with Crippen molar-refractivity contribution in [1.29, 1.82) is 0 Å². The molecule has 0 saturated carbocycles. The smallest absolute Gasteiger partial charge is 0.271 e. The highest BCUT2D eigenvalue weighted by atomic mass is 35.5. The van der Waals surface area contributed by atoms with Crippen LogP contribution in [0.4, 0.5) is 11.4 Å². The number of aliphatic imine (C=N–C) groups is 1. The summed E-state index contributed by atoms with van der Waals surface area (Å²) in [5.74, 6) is 1.60. The number of halogens is 1. The summed E-state index contributed by atoms with van der Waals surface area (Å²) < 4.78 is 0. The molecule has 21 heavy (non-hydrogen) atoms. The van der Waals surface area contributed by atoms with Crippen LogP contribution in [0.2, 0.25) is 0 Å². The molecule has 0 N–H and O–H groups in total. The third-order valence-electron chi connectivity index (χ3n) is 3.07. The number of amidine groups is 1. The van der Waals surface area contributed by atoms with Crippen molar-refractivity contribution in [2.45, 2.75) is 20.8 Å². The molecule has 1 fully saturated rings. The molecule has 1 saturated heterocycles. The number of aryl methyl sites for hydroxylation is 1. The van der Waals surface area contributed by atoms with E-state index in [-0.39, 0.29) is 23.0 Å². The van der Waals surface area contributed by atoms with Crippen LogP contribution >= 0.6 is 24.2 Å². The van der Waals surface area contributed by atoms with Gasteiger partial charge in [-0.05, 0) is 18.4 Å². The second-order valence-electron chi connectivity index (χ2n) is 5.31. The minimum atomic E-state index is -0.378. The summed E-state index contributed by atoms with van der Waals surface area (Å²) in [4.78, 5) is 17.4. The number of hydrogen-bond acceptors (Lipinski definition) is 4. The second-order valence-corrected chi connectivity index (χ2v) is 6.37. The number of hydrogen-bond donors (Lipinski definition) is 0. The molecule has 1 heterocycles. The summed E-state index contributed by atoms with van der Waals surface area (Å²) >= 11 is 1.72. The fraction of sp³-hybridized carbons (Fsp3) is 0.500. The first-order valence-corrected chi connectivity index (χ1v) is 7.67. The van der Waals surface area contributed by atoms with E-state index in [4.69, 9.17) is 0 Å². The van der Waals surface area contributed by atoms with Gasteiger partial charge in [0.25, 0.3) is 5.69 Å². The van der Waals surface area contributed by atoms with Gasteiger partial charge in [-0.25, -0.2) is 4.99 Å². The van der Waals surface area contributed by atoms with Crippen LogP contribution in [0.15, 0.2) is 23.2 Å². The normalized spacial score (nSPS) is 16.4. The van der Waals surface area contributed by atoms with Crippen molar-refractivity contribution >= 4 is 40.7 Å². The van der Waals surface area contributed by atoms with Crippen molar-refractivity contribution in [3.05, 3.63) is 33.9 Å². The van der Waals surface area contributed by atoms with Crippen LogP contribution in [0.25, 0.3) is 0 Å². The zero-order valence-corrected chi connectivity index (χ0v) is 14.0. The molecule has 1 aliphatic heterocycles. The number of thioether (sulfide) groups is 1. The monoisotopic (exact) mass is 329 g/mol. The summed E-state index contributed by atoms with van der Waals surface area (Å²) in [7, 11) is 0. The number of nitro benzene ring substituents is 1. The topological polar surface area (TPSA) is 58.7 Å². The SMILES string of the molecule is Cc1ccc([N+](=O)[O-])cc1/N=C1/SCCN1CC(C)C.Cl. The van der Waals surface area contributed by atoms with Gasteiger partial charge >= 0.3 is 0 Å². The maximum Gasteiger partial charge on any atom is 0.271 e. The third-order valence-corrected chi connectivity index (χ3v) is 4.06. The second kappa shape index (κ2) is 7.66. The predicted octanol–water partition coefficient (Wildman–Crippen LogP) is 4.02. The molecule has 0 bridgehead atoms. The maximum atomic E-state index is 10.9. The van der Waals surface area contributed by atoms with Crippen LogP contribution in [-0.2, 0) is 0 Å². The first kappa shape index (κ1) is 17.8. The molecule has 1 aromatic rings. The van der Waals surface area contributed by atoms with Crippen LogP contribution < -0.4 is 0 Å². The molecule has 0 unspecified atom stereocenters. The summed E-state index contributed by atoms with van der Waals surface area (Å²) in [6.45, 7) is 8.25. The van der Waals surface area contributed by atoms with Gasteiger partial charge in [-0.15, -0.1) is 12.4 Å². The zero-order chi connectivity index (χ0) is 14.7. The lowest BCUT2D eigenvalue weighted by Crippen LogP contribution is -2.28. The lowest BCUT2D eigenvalue weighted by Gasteiger charge is -2.20. The highest BCUT2D eigenvalue weighted by molar-refractivity contribution is 8.14. The molecule has 0 amide bonds. The summed E-state index contributed by atoms with van der Waals surface area (Å²) in [5.41, 5.74) is 1.74. The Morgan fingerprint density at radius 2 is 2.19 bits per heavy atom. The molecule has 0 atom stereocenters. The van der Waals surface area contributed by atoms with E-state index in [1.807, 2.05) is 6.92 Å². The van der Waals surface area contributed by atoms with E-state index in [0.717, 1.165) is 29.6 Å². The van der Waals surface area contributed by atoms with Gasteiger partial charge in [0.05, 0.1) is 10.6 Å². The van der Waals surface area contributed by atoms with Crippen molar-refractivity contribution in [3.63, 3.8) is 0 Å². The van der Waals surface area contributed by atoms with Gasteiger partial charge < -0.3 is 4.90 Å². The van der Waals surface area contributed by atoms with Gasteiger partial charge in [0.1, 0.15) is 0 Å². The Balaban J connectivity index is 0.00000220. The minimum absolute atomic E-state index is 0. The number of benzene rings is 1. The molecule has 0 aromatic heterocycles. The summed E-state index contributed by atoms with van der Waals surface area (Å²) in [6.07, 6.45) is 0. The molecule has 116 valence electrons. The standard InChI is InChI=1S/C14H19N3O2S.ClH/c1-10(2)9-16-6-7-20-14(16)15-13-8-12(17(18)19)5-4-11(13)3;/h4-5,8,10H,6-7,9H2,1-3H3;1H/b15-14+;. The third kappa shape index (κ3) is 4.61. The van der Waals surface area contributed by atoms with Gasteiger partial charge in [0, 0.05) is 31.0 Å². The van der Waals surface area contributed by atoms with Gasteiger partial charge in [-0.2, -0.15) is 0 Å². The van der Waals surface area contributed by atoms with E-state index < -0.39 is 0 Å². The summed E-state index contributed by atoms with van der Waals surface area (Å²) in [5, 5.41) is 11.8. The number of rotatable bonds is 4. The molecule has 0 radical (unpaired) electrons. The molecule has 7 heteroatoms. The van der Waals surface area contributed by atoms with E-state index in [2.05, 4.69) is 23.7 Å². The first-order chi connectivity index (χ1) is 9.47. The van der Waals surface area contributed by atoms with Crippen molar-refractivity contribution in [2.75, 3.05) is 18.8 Å². The van der Waals surface area contributed by atoms with Crippen LogP contribution in [0.1, 0.15) is 19.4 Å². The molecule has 2 rings (SSSR count). The fourth-order valence-corrected chi connectivity index (χ4v) is 3.09. The molecule has 1 aliphatic rings. The maximum absolute atomic E-state index is 10.9. The Morgan fingerprint density at radius 3 is 2.81 bits per heavy atom. The molecule has 0 spiro atoms. The van der Waals surface area contributed by atoms with Gasteiger partial charge in [-0.3, -0.25) is 10.1 Å². The van der Waals surface area contributed by atoms with Crippen LogP contribution in [-0.4, -0.2) is 33.8 Å². The Morgan fingerprint density at radius 1 is 1.48 bits per heavy atom. The van der Waals surface area contributed by atoms with Crippen molar-refractivity contribution in [1.82, 2.24) is 4.90 Å². The van der Waals surface area contributed by atoms with E-state index in [9.17, 15) is 10.1 Å². The van der Waals surface area contributed by atoms with Crippen LogP contribution in [0.5, 0.6) is 0 Å².